The van der Waals surface area contributed by atoms with Gasteiger partial charge in [-0.25, -0.2) is 18.7 Å². The van der Waals surface area contributed by atoms with Gasteiger partial charge in [-0.05, 0) is 64.1 Å². The number of aliphatic hydroxyl groups is 1. The minimum absolute atomic E-state index is 0.0150. The summed E-state index contributed by atoms with van der Waals surface area (Å²) in [6.07, 6.45) is 0.472. The maximum atomic E-state index is 16.2. The number of benzene rings is 2. The van der Waals surface area contributed by atoms with Crippen molar-refractivity contribution in [3.05, 3.63) is 83.7 Å². The number of rotatable bonds is 7. The van der Waals surface area contributed by atoms with Crippen LogP contribution in [0.2, 0.25) is 0 Å². The van der Waals surface area contributed by atoms with E-state index in [1.807, 2.05) is 61.3 Å². The molecule has 5 heterocycles. The molecule has 0 fully saturated rings. The van der Waals surface area contributed by atoms with E-state index in [0.29, 0.717) is 28.2 Å². The lowest BCUT2D eigenvalue weighted by Gasteiger charge is -2.38. The maximum absolute atomic E-state index is 16.2. The third kappa shape index (κ3) is 5.06. The molecule has 9 nitrogen and oxygen atoms in total. The Morgan fingerprint density at radius 1 is 1.15 bits per heavy atom. The SMILES string of the molecule is C=CC(=O)N1[C@H](C)Cn2nc(-c3nc(-c4ccc5c(c4)nc(C)n5C)c4scc(F)c4c3-c3c(F)cccc3OC[C@@H](C)O)cc2[C@@H]1C. The topological polar surface area (TPSA) is 98.3 Å². The monoisotopic (exact) mass is 668 g/mol. The number of aliphatic hydroxyl groups excluding tert-OH is 1. The highest BCUT2D eigenvalue weighted by molar-refractivity contribution is 7.17. The fraction of sp³-hybridized carbons (Fsp3) is 0.278. The van der Waals surface area contributed by atoms with E-state index in [1.54, 1.807) is 17.9 Å². The molecular weight excluding hydrogens is 634 g/mol. The van der Waals surface area contributed by atoms with Crippen molar-refractivity contribution in [2.24, 2.45) is 7.05 Å². The molecule has 0 saturated heterocycles. The average molecular weight is 669 g/mol. The number of hydrogen-bond acceptors (Lipinski definition) is 7. The Bertz CT molecular complexity index is 2250. The summed E-state index contributed by atoms with van der Waals surface area (Å²) in [5.41, 5.74) is 4.52. The molecule has 0 bridgehead atoms. The van der Waals surface area contributed by atoms with E-state index in [4.69, 9.17) is 19.8 Å². The van der Waals surface area contributed by atoms with Crippen molar-refractivity contribution in [2.45, 2.75) is 52.4 Å². The van der Waals surface area contributed by atoms with Crippen molar-refractivity contribution in [1.29, 1.82) is 0 Å². The van der Waals surface area contributed by atoms with Crippen LogP contribution in [0.1, 0.15) is 38.3 Å². The number of ether oxygens (including phenoxy) is 1. The first-order valence-electron chi connectivity index (χ1n) is 15.6. The second-order valence-corrected chi connectivity index (χ2v) is 13.2. The van der Waals surface area contributed by atoms with Gasteiger partial charge in [0.2, 0.25) is 5.91 Å². The summed E-state index contributed by atoms with van der Waals surface area (Å²) in [4.78, 5) is 24.4. The summed E-state index contributed by atoms with van der Waals surface area (Å²) in [6, 6.07) is 11.5. The zero-order valence-electron chi connectivity index (χ0n) is 27.2. The predicted octanol–water partition coefficient (Wildman–Crippen LogP) is 7.20. The first-order valence-corrected chi connectivity index (χ1v) is 16.5. The van der Waals surface area contributed by atoms with E-state index < -0.39 is 17.7 Å². The fourth-order valence-electron chi connectivity index (χ4n) is 6.66. The second kappa shape index (κ2) is 11.9. The highest BCUT2D eigenvalue weighted by atomic mass is 32.1. The number of nitrogens with zero attached hydrogens (tertiary/aromatic N) is 6. The van der Waals surface area contributed by atoms with Crippen LogP contribution >= 0.6 is 11.3 Å². The molecule has 0 spiro atoms. The lowest BCUT2D eigenvalue weighted by Crippen LogP contribution is -2.46. The second-order valence-electron chi connectivity index (χ2n) is 12.3. The van der Waals surface area contributed by atoms with Crippen LogP contribution in [0, 0.1) is 18.6 Å². The summed E-state index contributed by atoms with van der Waals surface area (Å²) in [5, 5.41) is 16.5. The number of carbonyl (C=O) groups excluding carboxylic acids is 1. The lowest BCUT2D eigenvalue weighted by molar-refractivity contribution is -0.131. The Kier molecular flexibility index (Phi) is 7.87. The number of aromatic nitrogens is 5. The van der Waals surface area contributed by atoms with Crippen LogP contribution in [0.3, 0.4) is 0 Å². The zero-order valence-corrected chi connectivity index (χ0v) is 28.0. The van der Waals surface area contributed by atoms with Gasteiger partial charge in [0.25, 0.3) is 0 Å². The van der Waals surface area contributed by atoms with Gasteiger partial charge in [-0.2, -0.15) is 5.10 Å². The van der Waals surface area contributed by atoms with Gasteiger partial charge in [0.05, 0.1) is 51.4 Å². The van der Waals surface area contributed by atoms with Crippen molar-refractivity contribution in [3.63, 3.8) is 0 Å². The summed E-state index contributed by atoms with van der Waals surface area (Å²) in [5.74, 6) is -0.391. The van der Waals surface area contributed by atoms with Gasteiger partial charge in [0.15, 0.2) is 0 Å². The first-order chi connectivity index (χ1) is 23.0. The summed E-state index contributed by atoms with van der Waals surface area (Å²) in [6.45, 7) is 11.3. The van der Waals surface area contributed by atoms with Gasteiger partial charge in [0.1, 0.15) is 41.2 Å². The number of fused-ring (bicyclic) bond motifs is 3. The fourth-order valence-corrected chi connectivity index (χ4v) is 7.59. The number of halogens is 2. The highest BCUT2D eigenvalue weighted by Gasteiger charge is 2.35. The van der Waals surface area contributed by atoms with E-state index in [1.165, 1.54) is 34.9 Å². The molecule has 1 aliphatic heterocycles. The Labute approximate surface area is 279 Å². The molecule has 246 valence electrons. The Balaban J connectivity index is 1.54. The molecular formula is C36H34F2N6O3S. The number of imidazole rings is 1. The van der Waals surface area contributed by atoms with Gasteiger partial charge >= 0.3 is 0 Å². The van der Waals surface area contributed by atoms with Crippen molar-refractivity contribution in [3.8, 4) is 39.5 Å². The molecule has 12 heteroatoms. The molecule has 48 heavy (non-hydrogen) atoms. The van der Waals surface area contributed by atoms with E-state index in [9.17, 15) is 9.90 Å². The number of pyridine rings is 1. The van der Waals surface area contributed by atoms with Gasteiger partial charge in [-0.3, -0.25) is 9.48 Å². The van der Waals surface area contributed by atoms with Gasteiger partial charge in [-0.15, -0.1) is 11.3 Å². The molecule has 7 rings (SSSR count). The summed E-state index contributed by atoms with van der Waals surface area (Å²) >= 11 is 1.18. The quantitative estimate of drug-likeness (QED) is 0.181. The highest BCUT2D eigenvalue weighted by Crippen LogP contribution is 2.48. The van der Waals surface area contributed by atoms with Crippen molar-refractivity contribution in [2.75, 3.05) is 6.61 Å². The van der Waals surface area contributed by atoms with Gasteiger partial charge in [-0.1, -0.05) is 18.7 Å². The molecule has 1 amide bonds. The van der Waals surface area contributed by atoms with Crippen LogP contribution < -0.4 is 4.74 Å². The Morgan fingerprint density at radius 3 is 2.69 bits per heavy atom. The summed E-state index contributed by atoms with van der Waals surface area (Å²) in [7, 11) is 1.94. The standard InChI is InChI=1S/C36H34F2N6O3S/c1-7-30(46)44-18(2)15-43-28(20(44)4)14-26(41-43)35-33(31-23(37)9-8-10-29(31)47-16-19(3)45)32-24(38)17-48-36(32)34(40-35)22-11-12-27-25(13-22)39-21(5)42(27)6/h7-14,17-20,45H,1,15-16H2,2-6H3/t18-,19-,20+/m1/s1. The predicted molar refractivity (Wildman–Crippen MR) is 183 cm³/mol. The molecule has 6 aromatic rings. The Hall–Kier alpha value is -4.94. The van der Waals surface area contributed by atoms with E-state index in [2.05, 4.69) is 6.58 Å². The number of thiophene rings is 1. The largest absolute Gasteiger partial charge is 0.490 e. The number of hydrogen-bond donors (Lipinski definition) is 1. The van der Waals surface area contributed by atoms with Crippen molar-refractivity contribution in [1.82, 2.24) is 29.2 Å². The van der Waals surface area contributed by atoms with Crippen LogP contribution in [0.15, 0.2) is 60.5 Å². The molecule has 4 aromatic heterocycles. The lowest BCUT2D eigenvalue weighted by atomic mass is 9.94. The van der Waals surface area contributed by atoms with E-state index >= 15 is 8.78 Å². The van der Waals surface area contributed by atoms with Crippen molar-refractivity contribution >= 4 is 38.4 Å². The molecule has 0 unspecified atom stereocenters. The number of aryl methyl sites for hydroxylation is 2. The summed E-state index contributed by atoms with van der Waals surface area (Å²) < 4.78 is 42.5. The van der Waals surface area contributed by atoms with Crippen LogP contribution in [0.5, 0.6) is 5.75 Å². The number of amides is 1. The van der Waals surface area contributed by atoms with Crippen molar-refractivity contribution < 1.29 is 23.4 Å². The molecule has 1 aliphatic rings. The molecule has 0 saturated carbocycles. The van der Waals surface area contributed by atoms with Crippen LogP contribution in [-0.2, 0) is 18.4 Å². The van der Waals surface area contributed by atoms with Gasteiger partial charge in [0, 0.05) is 35.0 Å². The normalized spacial score (nSPS) is 16.8. The molecule has 1 N–H and O–H groups in total. The van der Waals surface area contributed by atoms with E-state index in [-0.39, 0.29) is 52.6 Å². The average Bonchev–Trinajstić information content (AvgIpc) is 3.74. The molecule has 3 atom stereocenters. The van der Waals surface area contributed by atoms with Crippen LogP contribution in [0.25, 0.3) is 54.9 Å². The minimum Gasteiger partial charge on any atom is -0.490 e. The molecule has 0 aliphatic carbocycles. The van der Waals surface area contributed by atoms with Crippen LogP contribution in [0.4, 0.5) is 8.78 Å². The van der Waals surface area contributed by atoms with Crippen LogP contribution in [-0.4, -0.2) is 59.0 Å². The minimum atomic E-state index is -0.825. The zero-order chi connectivity index (χ0) is 34.0. The van der Waals surface area contributed by atoms with E-state index in [0.717, 1.165) is 22.6 Å². The number of carbonyl (C=O) groups is 1. The first kappa shape index (κ1) is 31.6. The third-order valence-electron chi connectivity index (χ3n) is 9.00. The third-order valence-corrected chi connectivity index (χ3v) is 9.95. The maximum Gasteiger partial charge on any atom is 0.246 e. The molecule has 0 radical (unpaired) electrons. The van der Waals surface area contributed by atoms with Gasteiger partial charge < -0.3 is 19.3 Å². The Morgan fingerprint density at radius 2 is 1.94 bits per heavy atom. The molecule has 2 aromatic carbocycles. The smallest absolute Gasteiger partial charge is 0.246 e.